The average Bonchev–Trinajstić information content (AvgIpc) is 2.88. The van der Waals surface area contributed by atoms with Gasteiger partial charge in [0.25, 0.3) is 11.8 Å². The molecule has 96 valence electrons. The third kappa shape index (κ3) is 1.62. The first kappa shape index (κ1) is 11.5. The Morgan fingerprint density at radius 1 is 1.21 bits per heavy atom. The highest BCUT2D eigenvalue weighted by molar-refractivity contribution is 6.23. The van der Waals surface area contributed by atoms with Gasteiger partial charge in [0, 0.05) is 5.69 Å². The van der Waals surface area contributed by atoms with Gasteiger partial charge in [-0.15, -0.1) is 0 Å². The van der Waals surface area contributed by atoms with E-state index in [1.165, 1.54) is 6.26 Å². The molecular weight excluding hydrogens is 244 g/mol. The minimum absolute atomic E-state index is 0.130. The van der Waals surface area contributed by atoms with Crippen molar-refractivity contribution in [1.82, 2.24) is 4.90 Å². The standard InChI is InChI=1S/C14H12N2O3/c1-8-5-6-19-11(8)7-16-13(17)9-3-2-4-10(15)12(9)14(16)18/h2-6H,7,15H2,1H3. The summed E-state index contributed by atoms with van der Waals surface area (Å²) in [6.45, 7) is 2.00. The zero-order chi connectivity index (χ0) is 13.6. The summed E-state index contributed by atoms with van der Waals surface area (Å²) in [6, 6.07) is 6.69. The number of nitrogen functional groups attached to an aromatic ring is 1. The van der Waals surface area contributed by atoms with Crippen molar-refractivity contribution in [3.05, 3.63) is 53.0 Å². The second-order valence-corrected chi connectivity index (χ2v) is 4.49. The Hall–Kier alpha value is -2.56. The summed E-state index contributed by atoms with van der Waals surface area (Å²) < 4.78 is 5.27. The van der Waals surface area contributed by atoms with Crippen molar-refractivity contribution in [2.24, 2.45) is 0 Å². The number of hydrogen-bond acceptors (Lipinski definition) is 4. The van der Waals surface area contributed by atoms with E-state index in [0.717, 1.165) is 10.5 Å². The number of benzene rings is 1. The number of anilines is 1. The Labute approximate surface area is 109 Å². The molecule has 0 unspecified atom stereocenters. The largest absolute Gasteiger partial charge is 0.467 e. The Morgan fingerprint density at radius 2 is 2.00 bits per heavy atom. The molecule has 1 aliphatic heterocycles. The van der Waals surface area contributed by atoms with Crippen LogP contribution in [0.3, 0.4) is 0 Å². The van der Waals surface area contributed by atoms with E-state index in [1.54, 1.807) is 24.3 Å². The van der Waals surface area contributed by atoms with Gasteiger partial charge in [-0.05, 0) is 30.7 Å². The monoisotopic (exact) mass is 256 g/mol. The summed E-state index contributed by atoms with van der Waals surface area (Å²) in [5.74, 6) is -0.0925. The van der Waals surface area contributed by atoms with Crippen molar-refractivity contribution >= 4 is 17.5 Å². The fourth-order valence-electron chi connectivity index (χ4n) is 2.21. The van der Waals surface area contributed by atoms with Gasteiger partial charge in [0.2, 0.25) is 0 Å². The number of furan rings is 1. The van der Waals surface area contributed by atoms with Crippen LogP contribution in [-0.4, -0.2) is 16.7 Å². The molecular formula is C14H12N2O3. The van der Waals surface area contributed by atoms with Gasteiger partial charge in [-0.1, -0.05) is 6.07 Å². The van der Waals surface area contributed by atoms with Crippen molar-refractivity contribution in [3.8, 4) is 0 Å². The van der Waals surface area contributed by atoms with Crippen LogP contribution in [0, 0.1) is 6.92 Å². The van der Waals surface area contributed by atoms with E-state index >= 15 is 0 Å². The van der Waals surface area contributed by atoms with Gasteiger partial charge in [0.05, 0.1) is 23.9 Å². The quantitative estimate of drug-likeness (QED) is 0.658. The molecule has 19 heavy (non-hydrogen) atoms. The summed E-state index contributed by atoms with van der Waals surface area (Å²) in [6.07, 6.45) is 1.54. The molecule has 5 heteroatoms. The number of carbonyl (C=O) groups is 2. The maximum Gasteiger partial charge on any atom is 0.264 e. The number of fused-ring (bicyclic) bond motifs is 1. The van der Waals surface area contributed by atoms with Crippen LogP contribution in [0.5, 0.6) is 0 Å². The smallest absolute Gasteiger partial charge is 0.264 e. The second kappa shape index (κ2) is 3.98. The molecule has 0 fully saturated rings. The van der Waals surface area contributed by atoms with E-state index in [1.807, 2.05) is 6.92 Å². The molecule has 0 bridgehead atoms. The summed E-state index contributed by atoms with van der Waals surface area (Å²) >= 11 is 0. The van der Waals surface area contributed by atoms with Crippen LogP contribution in [0.15, 0.2) is 34.9 Å². The Kier molecular flexibility index (Phi) is 2.41. The molecule has 0 atom stereocenters. The first-order valence-corrected chi connectivity index (χ1v) is 5.87. The van der Waals surface area contributed by atoms with Crippen LogP contribution < -0.4 is 5.73 Å². The molecule has 3 rings (SSSR count). The first-order valence-electron chi connectivity index (χ1n) is 5.87. The number of rotatable bonds is 2. The summed E-state index contributed by atoms with van der Waals surface area (Å²) in [7, 11) is 0. The third-order valence-corrected chi connectivity index (χ3v) is 3.30. The lowest BCUT2D eigenvalue weighted by molar-refractivity contribution is 0.0631. The third-order valence-electron chi connectivity index (χ3n) is 3.30. The normalized spacial score (nSPS) is 14.1. The van der Waals surface area contributed by atoms with Gasteiger partial charge in [-0.3, -0.25) is 14.5 Å². The molecule has 0 saturated carbocycles. The highest BCUT2D eigenvalue weighted by atomic mass is 16.3. The molecule has 2 amide bonds. The highest BCUT2D eigenvalue weighted by Crippen LogP contribution is 2.29. The highest BCUT2D eigenvalue weighted by Gasteiger charge is 2.37. The van der Waals surface area contributed by atoms with Crippen LogP contribution in [-0.2, 0) is 6.54 Å². The molecule has 0 spiro atoms. The van der Waals surface area contributed by atoms with Gasteiger partial charge in [-0.25, -0.2) is 0 Å². The number of hydrogen-bond donors (Lipinski definition) is 1. The fourth-order valence-corrected chi connectivity index (χ4v) is 2.21. The maximum atomic E-state index is 12.2. The van der Waals surface area contributed by atoms with Gasteiger partial charge in [0.1, 0.15) is 5.76 Å². The van der Waals surface area contributed by atoms with Crippen molar-refractivity contribution in [1.29, 1.82) is 0 Å². The van der Waals surface area contributed by atoms with Crippen molar-refractivity contribution in [2.45, 2.75) is 13.5 Å². The number of amides is 2. The zero-order valence-corrected chi connectivity index (χ0v) is 10.3. The van der Waals surface area contributed by atoms with Crippen LogP contribution in [0.4, 0.5) is 5.69 Å². The van der Waals surface area contributed by atoms with Gasteiger partial charge in [0.15, 0.2) is 0 Å². The Morgan fingerprint density at radius 3 is 2.63 bits per heavy atom. The number of carbonyl (C=O) groups excluding carboxylic acids is 2. The molecule has 0 aliphatic carbocycles. The molecule has 2 N–H and O–H groups in total. The molecule has 5 nitrogen and oxygen atoms in total. The van der Waals surface area contributed by atoms with E-state index in [-0.39, 0.29) is 23.9 Å². The molecule has 2 heterocycles. The van der Waals surface area contributed by atoms with E-state index < -0.39 is 0 Å². The first-order chi connectivity index (χ1) is 9.09. The van der Waals surface area contributed by atoms with E-state index in [4.69, 9.17) is 10.2 Å². The molecule has 1 aliphatic rings. The lowest BCUT2D eigenvalue weighted by atomic mass is 10.1. The van der Waals surface area contributed by atoms with Crippen LogP contribution in [0.1, 0.15) is 32.0 Å². The van der Waals surface area contributed by atoms with Crippen LogP contribution in [0.2, 0.25) is 0 Å². The topological polar surface area (TPSA) is 76.5 Å². The fraction of sp³-hybridized carbons (Fsp3) is 0.143. The van der Waals surface area contributed by atoms with Gasteiger partial charge >= 0.3 is 0 Å². The van der Waals surface area contributed by atoms with Crippen LogP contribution >= 0.6 is 0 Å². The molecule has 0 saturated heterocycles. The van der Waals surface area contributed by atoms with E-state index in [2.05, 4.69) is 0 Å². The lowest BCUT2D eigenvalue weighted by Gasteiger charge is -2.12. The predicted molar refractivity (Wildman–Crippen MR) is 68.5 cm³/mol. The summed E-state index contributed by atoms with van der Waals surface area (Å²) in [5.41, 5.74) is 7.65. The number of imide groups is 1. The molecule has 0 radical (unpaired) electrons. The molecule has 1 aromatic carbocycles. The van der Waals surface area contributed by atoms with Crippen molar-refractivity contribution in [3.63, 3.8) is 0 Å². The SMILES string of the molecule is Cc1ccoc1CN1C(=O)c2cccc(N)c2C1=O. The summed E-state index contributed by atoms with van der Waals surface area (Å²) in [4.78, 5) is 25.6. The number of nitrogens with two attached hydrogens (primary N) is 1. The Balaban J connectivity index is 1.99. The predicted octanol–water partition coefficient (Wildman–Crippen LogP) is 1.97. The Bertz CT molecular complexity index is 688. The minimum atomic E-state index is -0.367. The maximum absolute atomic E-state index is 12.2. The second-order valence-electron chi connectivity index (χ2n) is 4.49. The lowest BCUT2D eigenvalue weighted by Crippen LogP contribution is -2.29. The van der Waals surface area contributed by atoms with Crippen molar-refractivity contribution in [2.75, 3.05) is 5.73 Å². The zero-order valence-electron chi connectivity index (χ0n) is 10.3. The minimum Gasteiger partial charge on any atom is -0.467 e. The molecule has 1 aromatic heterocycles. The summed E-state index contributed by atoms with van der Waals surface area (Å²) in [5, 5.41) is 0. The van der Waals surface area contributed by atoms with E-state index in [0.29, 0.717) is 17.0 Å². The van der Waals surface area contributed by atoms with E-state index in [9.17, 15) is 9.59 Å². The number of aryl methyl sites for hydroxylation is 1. The number of nitrogens with zero attached hydrogens (tertiary/aromatic N) is 1. The van der Waals surface area contributed by atoms with Crippen molar-refractivity contribution < 1.29 is 14.0 Å². The van der Waals surface area contributed by atoms with Crippen LogP contribution in [0.25, 0.3) is 0 Å². The van der Waals surface area contributed by atoms with Gasteiger partial charge < -0.3 is 10.2 Å². The van der Waals surface area contributed by atoms with Gasteiger partial charge in [-0.2, -0.15) is 0 Å². The average molecular weight is 256 g/mol. The molecule has 2 aromatic rings.